The number of rotatable bonds is 7. The highest BCUT2D eigenvalue weighted by Gasteiger charge is 2.15. The Morgan fingerprint density at radius 3 is 2.64 bits per heavy atom. The molecule has 5 heteroatoms. The summed E-state index contributed by atoms with van der Waals surface area (Å²) in [6, 6.07) is 13.6. The van der Waals surface area contributed by atoms with Crippen molar-refractivity contribution in [1.29, 1.82) is 0 Å². The molecule has 0 aliphatic carbocycles. The third kappa shape index (κ3) is 5.58. The minimum atomic E-state index is 0.00246. The molecule has 1 fully saturated rings. The molecule has 1 aromatic heterocycles. The third-order valence-corrected chi connectivity index (χ3v) is 5.31. The van der Waals surface area contributed by atoms with Gasteiger partial charge in [0.25, 0.3) is 5.91 Å². The van der Waals surface area contributed by atoms with Gasteiger partial charge in [-0.25, -0.2) is 4.98 Å². The molecule has 1 unspecified atom stereocenters. The maximum atomic E-state index is 12.3. The highest BCUT2D eigenvalue weighted by molar-refractivity contribution is 7.99. The minimum absolute atomic E-state index is 0.00246. The molecule has 1 aliphatic rings. The first-order valence-corrected chi connectivity index (χ1v) is 9.72. The molecule has 1 N–H and O–H groups in total. The maximum absolute atomic E-state index is 12.3. The second-order valence-corrected chi connectivity index (χ2v) is 7.71. The monoisotopic (exact) mass is 355 g/mol. The van der Waals surface area contributed by atoms with Crippen LogP contribution in [0, 0.1) is 5.92 Å². The first kappa shape index (κ1) is 18.0. The molecule has 1 amide bonds. The van der Waals surface area contributed by atoms with Gasteiger partial charge in [0.15, 0.2) is 0 Å². The van der Waals surface area contributed by atoms with Crippen LogP contribution >= 0.6 is 11.8 Å². The Morgan fingerprint density at radius 1 is 1.20 bits per heavy atom. The summed E-state index contributed by atoms with van der Waals surface area (Å²) in [5, 5.41) is 4.01. The van der Waals surface area contributed by atoms with E-state index in [-0.39, 0.29) is 5.91 Å². The van der Waals surface area contributed by atoms with Crippen LogP contribution in [0.1, 0.15) is 30.1 Å². The third-order valence-electron chi connectivity index (χ3n) is 4.36. The van der Waals surface area contributed by atoms with E-state index in [1.165, 1.54) is 25.9 Å². The second-order valence-electron chi connectivity index (χ2n) is 6.62. The molecule has 1 aliphatic heterocycles. The van der Waals surface area contributed by atoms with Crippen LogP contribution in [0.15, 0.2) is 58.6 Å². The number of pyridine rings is 1. The first-order chi connectivity index (χ1) is 12.2. The fourth-order valence-corrected chi connectivity index (χ4v) is 3.82. The normalized spacial score (nSPS) is 15.9. The zero-order chi connectivity index (χ0) is 17.5. The lowest BCUT2D eigenvalue weighted by Gasteiger charge is -2.20. The predicted octanol–water partition coefficient (Wildman–Crippen LogP) is 3.69. The molecule has 25 heavy (non-hydrogen) atoms. The lowest BCUT2D eigenvalue weighted by atomic mass is 10.1. The first-order valence-electron chi connectivity index (χ1n) is 8.90. The van der Waals surface area contributed by atoms with E-state index < -0.39 is 0 Å². The molecule has 1 saturated heterocycles. The van der Waals surface area contributed by atoms with Gasteiger partial charge in [-0.15, -0.1) is 0 Å². The van der Waals surface area contributed by atoms with Crippen LogP contribution in [0.5, 0.6) is 0 Å². The Balaban J connectivity index is 1.47. The van der Waals surface area contributed by atoms with Crippen LogP contribution in [0.25, 0.3) is 0 Å². The molecule has 0 radical (unpaired) electrons. The van der Waals surface area contributed by atoms with Crippen LogP contribution in [0.4, 0.5) is 0 Å². The van der Waals surface area contributed by atoms with Crippen molar-refractivity contribution in [3.05, 3.63) is 54.2 Å². The van der Waals surface area contributed by atoms with Gasteiger partial charge in [-0.3, -0.25) is 4.79 Å². The van der Waals surface area contributed by atoms with Gasteiger partial charge in [0.2, 0.25) is 0 Å². The van der Waals surface area contributed by atoms with Crippen molar-refractivity contribution in [1.82, 2.24) is 15.2 Å². The van der Waals surface area contributed by atoms with E-state index in [2.05, 4.69) is 22.1 Å². The van der Waals surface area contributed by atoms with Crippen LogP contribution in [-0.2, 0) is 0 Å². The smallest absolute Gasteiger partial charge is 0.251 e. The molecule has 1 atom stereocenters. The lowest BCUT2D eigenvalue weighted by Crippen LogP contribution is -2.34. The number of carbonyl (C=O) groups excluding carboxylic acids is 1. The molecule has 2 aromatic rings. The average Bonchev–Trinajstić information content (AvgIpc) is 3.14. The zero-order valence-corrected chi connectivity index (χ0v) is 15.5. The predicted molar refractivity (Wildman–Crippen MR) is 102 cm³/mol. The van der Waals surface area contributed by atoms with Gasteiger partial charge in [-0.2, -0.15) is 0 Å². The number of aromatic nitrogens is 1. The number of likely N-dealkylation sites (tertiary alicyclic amines) is 1. The number of hydrogen-bond acceptors (Lipinski definition) is 4. The summed E-state index contributed by atoms with van der Waals surface area (Å²) in [4.78, 5) is 20.2. The highest BCUT2D eigenvalue weighted by Crippen LogP contribution is 2.25. The van der Waals surface area contributed by atoms with Gasteiger partial charge in [-0.1, -0.05) is 24.8 Å². The largest absolute Gasteiger partial charge is 0.352 e. The van der Waals surface area contributed by atoms with Crippen molar-refractivity contribution in [3.8, 4) is 0 Å². The number of benzene rings is 1. The van der Waals surface area contributed by atoms with Gasteiger partial charge < -0.3 is 10.2 Å². The van der Waals surface area contributed by atoms with Crippen LogP contribution in [-0.4, -0.2) is 42.0 Å². The number of amides is 1. The van der Waals surface area contributed by atoms with Crippen LogP contribution in [0.2, 0.25) is 0 Å². The Kier molecular flexibility index (Phi) is 6.48. The Bertz CT molecular complexity index is 669. The van der Waals surface area contributed by atoms with E-state index in [1.54, 1.807) is 18.0 Å². The maximum Gasteiger partial charge on any atom is 0.251 e. The summed E-state index contributed by atoms with van der Waals surface area (Å²) in [6.45, 7) is 6.40. The lowest BCUT2D eigenvalue weighted by molar-refractivity contribution is 0.0945. The van der Waals surface area contributed by atoms with Crippen molar-refractivity contribution < 1.29 is 4.79 Å². The van der Waals surface area contributed by atoms with E-state index >= 15 is 0 Å². The number of nitrogens with one attached hydrogen (secondary N) is 1. The van der Waals surface area contributed by atoms with Gasteiger partial charge >= 0.3 is 0 Å². The molecule has 0 saturated carbocycles. The van der Waals surface area contributed by atoms with Gasteiger partial charge in [-0.05, 0) is 68.2 Å². The van der Waals surface area contributed by atoms with Gasteiger partial charge in [0.05, 0.1) is 0 Å². The van der Waals surface area contributed by atoms with Crippen molar-refractivity contribution >= 4 is 17.7 Å². The summed E-state index contributed by atoms with van der Waals surface area (Å²) >= 11 is 1.60. The van der Waals surface area contributed by atoms with E-state index in [0.29, 0.717) is 11.5 Å². The number of nitrogens with zero attached hydrogens (tertiary/aromatic N) is 2. The number of carbonyl (C=O) groups is 1. The quantitative estimate of drug-likeness (QED) is 0.823. The molecule has 4 nitrogen and oxygen atoms in total. The van der Waals surface area contributed by atoms with Crippen LogP contribution < -0.4 is 5.32 Å². The van der Waals surface area contributed by atoms with E-state index in [4.69, 9.17) is 0 Å². The van der Waals surface area contributed by atoms with Crippen molar-refractivity contribution in [2.45, 2.75) is 29.7 Å². The Morgan fingerprint density at radius 2 is 1.96 bits per heavy atom. The molecule has 1 aromatic carbocycles. The standard InChI is InChI=1S/C20H25N3OS/c1-16(15-23-12-4-5-13-23)14-22-20(24)17-7-9-18(10-8-17)25-19-6-2-3-11-21-19/h2-3,6-11,16H,4-5,12-15H2,1H3,(H,22,24). The van der Waals surface area contributed by atoms with Gasteiger partial charge in [0.1, 0.15) is 5.03 Å². The van der Waals surface area contributed by atoms with Crippen LogP contribution in [0.3, 0.4) is 0 Å². The molecule has 0 spiro atoms. The summed E-state index contributed by atoms with van der Waals surface area (Å²) in [7, 11) is 0. The van der Waals surface area contributed by atoms with Crippen molar-refractivity contribution in [3.63, 3.8) is 0 Å². The molecule has 2 heterocycles. The van der Waals surface area contributed by atoms with Gasteiger partial charge in [0, 0.05) is 29.7 Å². The number of hydrogen-bond donors (Lipinski definition) is 1. The molecule has 3 rings (SSSR count). The van der Waals surface area contributed by atoms with E-state index in [0.717, 1.165) is 23.0 Å². The molecule has 132 valence electrons. The second kappa shape index (κ2) is 9.02. The topological polar surface area (TPSA) is 45.2 Å². The molecule has 0 bridgehead atoms. The summed E-state index contributed by atoms with van der Waals surface area (Å²) in [6.07, 6.45) is 4.40. The van der Waals surface area contributed by atoms with E-state index in [1.807, 2.05) is 42.5 Å². The molecular weight excluding hydrogens is 330 g/mol. The Labute approximate surface area is 154 Å². The summed E-state index contributed by atoms with van der Waals surface area (Å²) in [5.41, 5.74) is 0.707. The van der Waals surface area contributed by atoms with Crippen molar-refractivity contribution in [2.75, 3.05) is 26.2 Å². The Hall–Kier alpha value is -1.85. The average molecular weight is 356 g/mol. The SMILES string of the molecule is CC(CNC(=O)c1ccc(Sc2ccccn2)cc1)CN1CCCC1. The summed E-state index contributed by atoms with van der Waals surface area (Å²) < 4.78 is 0. The zero-order valence-electron chi connectivity index (χ0n) is 14.6. The van der Waals surface area contributed by atoms with Crippen molar-refractivity contribution in [2.24, 2.45) is 5.92 Å². The molecular formula is C20H25N3OS. The fourth-order valence-electron chi connectivity index (χ4n) is 3.04. The highest BCUT2D eigenvalue weighted by atomic mass is 32.2. The van der Waals surface area contributed by atoms with E-state index in [9.17, 15) is 4.79 Å². The minimum Gasteiger partial charge on any atom is -0.352 e. The summed E-state index contributed by atoms with van der Waals surface area (Å²) in [5.74, 6) is 0.476. The fraction of sp³-hybridized carbons (Fsp3) is 0.400.